The van der Waals surface area contributed by atoms with Gasteiger partial charge in [0.15, 0.2) is 5.78 Å². The quantitative estimate of drug-likeness (QED) is 0.584. The lowest BCUT2D eigenvalue weighted by molar-refractivity contribution is 0.0985. The molecule has 29 heavy (non-hydrogen) atoms. The van der Waals surface area contributed by atoms with Crippen LogP contribution in [-0.2, 0) is 23.5 Å². The van der Waals surface area contributed by atoms with Gasteiger partial charge in [-0.25, -0.2) is 13.1 Å². The number of aromatic nitrogens is 1. The lowest BCUT2D eigenvalue weighted by Crippen LogP contribution is -2.40. The van der Waals surface area contributed by atoms with Crippen molar-refractivity contribution < 1.29 is 18.3 Å². The van der Waals surface area contributed by atoms with Gasteiger partial charge in [-0.3, -0.25) is 4.79 Å². The lowest BCUT2D eigenvalue weighted by atomic mass is 10.00. The van der Waals surface area contributed by atoms with Gasteiger partial charge in [-0.05, 0) is 24.1 Å². The van der Waals surface area contributed by atoms with Crippen LogP contribution < -0.4 is 4.72 Å². The third-order valence-corrected chi connectivity index (χ3v) is 6.28. The molecule has 7 nitrogen and oxygen atoms in total. The third-order valence-electron chi connectivity index (χ3n) is 4.80. The molecule has 3 rings (SSSR count). The van der Waals surface area contributed by atoms with Crippen LogP contribution >= 0.6 is 0 Å². The molecule has 1 unspecified atom stereocenters. The molecule has 1 aliphatic rings. The number of fused-ring (bicyclic) bond motifs is 1. The Hall–Kier alpha value is -3.17. The number of aliphatic hydroxyl groups excluding tert-OH is 1. The molecule has 1 aliphatic heterocycles. The van der Waals surface area contributed by atoms with E-state index in [1.807, 2.05) is 6.92 Å². The summed E-state index contributed by atoms with van der Waals surface area (Å²) in [4.78, 5) is 13.0. The molecule has 0 amide bonds. The molecule has 2 atom stereocenters. The summed E-state index contributed by atoms with van der Waals surface area (Å²) in [6.07, 6.45) is 8.15. The van der Waals surface area contributed by atoms with Crippen molar-refractivity contribution in [1.29, 1.82) is 5.26 Å². The third kappa shape index (κ3) is 3.87. The van der Waals surface area contributed by atoms with Gasteiger partial charge in [0.05, 0.1) is 23.4 Å². The number of terminal acetylenes is 1. The van der Waals surface area contributed by atoms with Gasteiger partial charge in [0.2, 0.25) is 10.0 Å². The SMILES string of the molecule is C#CC(O)[C@H]1C=Cc2c(cn(C)c2C(=O)Cc2ccc(C)c(C#N)c2)S(=O)(=O)N1. The molecule has 2 aromatic rings. The molecule has 148 valence electrons. The van der Waals surface area contributed by atoms with Gasteiger partial charge in [0, 0.05) is 25.2 Å². The first-order chi connectivity index (χ1) is 13.7. The van der Waals surface area contributed by atoms with E-state index in [0.717, 1.165) is 5.56 Å². The van der Waals surface area contributed by atoms with E-state index in [4.69, 9.17) is 6.42 Å². The van der Waals surface area contributed by atoms with E-state index in [2.05, 4.69) is 16.7 Å². The molecule has 8 heteroatoms. The highest BCUT2D eigenvalue weighted by Gasteiger charge is 2.32. The van der Waals surface area contributed by atoms with Crippen LogP contribution in [0.4, 0.5) is 0 Å². The Bertz CT molecular complexity index is 1210. The predicted molar refractivity (Wildman–Crippen MR) is 107 cm³/mol. The number of sulfonamides is 1. The van der Waals surface area contributed by atoms with Crippen molar-refractivity contribution in [3.05, 3.63) is 58.4 Å². The summed E-state index contributed by atoms with van der Waals surface area (Å²) in [5.74, 6) is 1.80. The van der Waals surface area contributed by atoms with Crippen LogP contribution in [-0.4, -0.2) is 36.0 Å². The number of nitrogens with zero attached hydrogens (tertiary/aromatic N) is 2. The van der Waals surface area contributed by atoms with Gasteiger partial charge in [-0.2, -0.15) is 5.26 Å². The number of carbonyl (C=O) groups excluding carboxylic acids is 1. The highest BCUT2D eigenvalue weighted by molar-refractivity contribution is 7.89. The molecule has 2 N–H and O–H groups in total. The highest BCUT2D eigenvalue weighted by Crippen LogP contribution is 2.28. The van der Waals surface area contributed by atoms with E-state index >= 15 is 0 Å². The Morgan fingerprint density at radius 2 is 2.17 bits per heavy atom. The first-order valence-corrected chi connectivity index (χ1v) is 10.2. The zero-order valence-corrected chi connectivity index (χ0v) is 16.7. The summed E-state index contributed by atoms with van der Waals surface area (Å²) in [5, 5.41) is 19.0. The average molecular weight is 409 g/mol. The molecule has 1 aromatic heterocycles. The Kier molecular flexibility index (Phi) is 5.45. The van der Waals surface area contributed by atoms with Crippen molar-refractivity contribution in [2.45, 2.75) is 30.4 Å². The van der Waals surface area contributed by atoms with Crippen molar-refractivity contribution in [2.24, 2.45) is 7.05 Å². The summed E-state index contributed by atoms with van der Waals surface area (Å²) in [7, 11) is -2.40. The Labute approximate surface area is 169 Å². The van der Waals surface area contributed by atoms with Gasteiger partial charge in [-0.15, -0.1) is 6.42 Å². The van der Waals surface area contributed by atoms with E-state index in [1.165, 1.54) is 22.9 Å². The number of ketones is 1. The summed E-state index contributed by atoms with van der Waals surface area (Å²) in [6.45, 7) is 1.81. The minimum Gasteiger partial charge on any atom is -0.378 e. The van der Waals surface area contributed by atoms with Crippen LogP contribution in [0.3, 0.4) is 0 Å². The molecule has 1 aromatic carbocycles. The zero-order chi connectivity index (χ0) is 21.3. The van der Waals surface area contributed by atoms with Crippen LogP contribution in [0.25, 0.3) is 6.08 Å². The van der Waals surface area contributed by atoms with Crippen LogP contribution in [0.2, 0.25) is 0 Å². The molecular weight excluding hydrogens is 390 g/mol. The van der Waals surface area contributed by atoms with E-state index in [9.17, 15) is 23.6 Å². The largest absolute Gasteiger partial charge is 0.378 e. The second kappa shape index (κ2) is 7.69. The topological polar surface area (TPSA) is 112 Å². The summed E-state index contributed by atoms with van der Waals surface area (Å²) < 4.78 is 29.2. The number of Topliss-reactive ketones (excluding diaryl/α,β-unsaturated/α-hetero) is 1. The number of aliphatic hydroxyl groups is 1. The fourth-order valence-corrected chi connectivity index (χ4v) is 4.71. The van der Waals surface area contributed by atoms with Crippen LogP contribution in [0, 0.1) is 30.6 Å². The van der Waals surface area contributed by atoms with E-state index in [0.29, 0.717) is 11.1 Å². The maximum Gasteiger partial charge on any atom is 0.243 e. The number of carbonyl (C=O) groups is 1. The second-order valence-electron chi connectivity index (χ2n) is 6.85. The average Bonchev–Trinajstić information content (AvgIpc) is 2.96. The fraction of sp³-hybridized carbons (Fsp3) is 0.238. The van der Waals surface area contributed by atoms with E-state index < -0.39 is 22.2 Å². The number of benzene rings is 1. The van der Waals surface area contributed by atoms with Gasteiger partial charge < -0.3 is 9.67 Å². The van der Waals surface area contributed by atoms with Gasteiger partial charge in [-0.1, -0.05) is 30.2 Å². The maximum atomic E-state index is 13.0. The van der Waals surface area contributed by atoms with Crippen LogP contribution in [0.5, 0.6) is 0 Å². The van der Waals surface area contributed by atoms with Crippen molar-refractivity contribution in [3.63, 3.8) is 0 Å². The van der Waals surface area contributed by atoms with Gasteiger partial charge in [0.25, 0.3) is 0 Å². The molecular formula is C21H19N3O4S. The van der Waals surface area contributed by atoms with E-state index in [1.54, 1.807) is 25.2 Å². The van der Waals surface area contributed by atoms with Crippen LogP contribution in [0.15, 0.2) is 35.4 Å². The standard InChI is InChI=1S/C21H19N3O4S/c1-4-18(25)17-8-7-16-20(29(27,28)23-17)12-24(3)21(16)19(26)10-14-6-5-13(2)15(9-14)11-22/h1,5-9,12,17-18,23,25H,10H2,2-3H3/t17-,18?/m1/s1. The van der Waals surface area contributed by atoms with E-state index in [-0.39, 0.29) is 28.4 Å². The van der Waals surface area contributed by atoms with Crippen molar-refractivity contribution in [3.8, 4) is 18.4 Å². The van der Waals surface area contributed by atoms with Crippen molar-refractivity contribution in [2.75, 3.05) is 0 Å². The Morgan fingerprint density at radius 3 is 2.83 bits per heavy atom. The predicted octanol–water partition coefficient (Wildman–Crippen LogP) is 1.30. The molecule has 0 saturated heterocycles. The number of nitriles is 1. The number of rotatable bonds is 4. The Morgan fingerprint density at radius 1 is 1.45 bits per heavy atom. The first-order valence-electron chi connectivity index (χ1n) is 8.75. The summed E-state index contributed by atoms with van der Waals surface area (Å²) in [5.41, 5.74) is 2.42. The zero-order valence-electron chi connectivity index (χ0n) is 15.9. The number of nitrogens with one attached hydrogen (secondary N) is 1. The molecule has 0 aliphatic carbocycles. The first kappa shape index (κ1) is 20.6. The molecule has 0 radical (unpaired) electrons. The van der Waals surface area contributed by atoms with Crippen molar-refractivity contribution in [1.82, 2.24) is 9.29 Å². The van der Waals surface area contributed by atoms with Crippen molar-refractivity contribution >= 4 is 21.9 Å². The number of hydrogen-bond donors (Lipinski definition) is 2. The maximum absolute atomic E-state index is 13.0. The minimum absolute atomic E-state index is 0.0109. The van der Waals surface area contributed by atoms with Gasteiger partial charge >= 0.3 is 0 Å². The number of aryl methyl sites for hydroxylation is 2. The smallest absolute Gasteiger partial charge is 0.243 e. The molecule has 0 fully saturated rings. The molecule has 0 bridgehead atoms. The second-order valence-corrected chi connectivity index (χ2v) is 8.53. The minimum atomic E-state index is -3.99. The Balaban J connectivity index is 2.03. The van der Waals surface area contributed by atoms with Crippen LogP contribution in [0.1, 0.15) is 32.7 Å². The lowest BCUT2D eigenvalue weighted by Gasteiger charge is -2.15. The molecule has 2 heterocycles. The normalized spacial score (nSPS) is 18.2. The molecule has 0 spiro atoms. The van der Waals surface area contributed by atoms with Gasteiger partial charge in [0.1, 0.15) is 11.0 Å². The fourth-order valence-electron chi connectivity index (χ4n) is 3.26. The summed E-state index contributed by atoms with van der Waals surface area (Å²) in [6, 6.07) is 6.28. The number of hydrogen-bond acceptors (Lipinski definition) is 5. The summed E-state index contributed by atoms with van der Waals surface area (Å²) >= 11 is 0. The monoisotopic (exact) mass is 409 g/mol. The molecule has 0 saturated carbocycles. The highest BCUT2D eigenvalue weighted by atomic mass is 32.2.